The number of nitrogens with zero attached hydrogens (tertiary/aromatic N) is 1. The summed E-state index contributed by atoms with van der Waals surface area (Å²) in [4.78, 5) is 17.7. The highest BCUT2D eigenvalue weighted by Crippen LogP contribution is 2.13. The second-order valence-electron chi connectivity index (χ2n) is 3.04. The van der Waals surface area contributed by atoms with E-state index in [1.54, 1.807) is 12.1 Å². The van der Waals surface area contributed by atoms with E-state index < -0.39 is 0 Å². The largest absolute Gasteiger partial charge is 0.326 e. The third-order valence-corrected chi connectivity index (χ3v) is 2.41. The third-order valence-electron chi connectivity index (χ3n) is 1.84. The number of H-pyrrole nitrogens is 1. The van der Waals surface area contributed by atoms with E-state index in [-0.39, 0.29) is 17.3 Å². The molecule has 0 spiro atoms. The van der Waals surface area contributed by atoms with E-state index in [1.807, 2.05) is 0 Å². The van der Waals surface area contributed by atoms with Crippen LogP contribution in [0.25, 0.3) is 0 Å². The Morgan fingerprint density at radius 1 is 1.44 bits per heavy atom. The average Bonchev–Trinajstić information content (AvgIpc) is 2.24. The highest BCUT2D eigenvalue weighted by Gasteiger charge is 2.00. The van der Waals surface area contributed by atoms with Crippen LogP contribution in [0.15, 0.2) is 39.7 Å². The van der Waals surface area contributed by atoms with Crippen LogP contribution in [0, 0.1) is 5.82 Å². The quantitative estimate of drug-likeness (QED) is 0.890. The number of hydrogen-bond donors (Lipinski definition) is 2. The normalized spacial score (nSPS) is 10.1. The lowest BCUT2D eigenvalue weighted by atomic mass is 10.3. The lowest BCUT2D eigenvalue weighted by molar-refractivity contribution is 0.628. The average molecular weight is 284 g/mol. The summed E-state index contributed by atoms with van der Waals surface area (Å²) in [6, 6.07) is 5.88. The van der Waals surface area contributed by atoms with Crippen LogP contribution < -0.4 is 10.9 Å². The van der Waals surface area contributed by atoms with Gasteiger partial charge in [-0.15, -0.1) is 0 Å². The second-order valence-corrected chi connectivity index (χ2v) is 3.90. The van der Waals surface area contributed by atoms with Gasteiger partial charge in [-0.2, -0.15) is 0 Å². The van der Waals surface area contributed by atoms with Gasteiger partial charge in [0, 0.05) is 5.69 Å². The lowest BCUT2D eigenvalue weighted by Gasteiger charge is -2.04. The Hall–Kier alpha value is -1.69. The van der Waals surface area contributed by atoms with Crippen LogP contribution in [-0.2, 0) is 0 Å². The molecule has 4 nitrogen and oxygen atoms in total. The first kappa shape index (κ1) is 10.8. The van der Waals surface area contributed by atoms with Gasteiger partial charge in [0.05, 0.1) is 6.20 Å². The summed E-state index contributed by atoms with van der Waals surface area (Å²) in [7, 11) is 0. The molecule has 0 aliphatic heterocycles. The number of anilines is 2. The van der Waals surface area contributed by atoms with Crippen molar-refractivity contribution >= 4 is 27.6 Å². The molecule has 6 heteroatoms. The number of hydrogen-bond acceptors (Lipinski definition) is 3. The van der Waals surface area contributed by atoms with Crippen LogP contribution in [-0.4, -0.2) is 9.97 Å². The third kappa shape index (κ3) is 2.46. The fourth-order valence-corrected chi connectivity index (χ4v) is 1.35. The van der Waals surface area contributed by atoms with Crippen molar-refractivity contribution in [2.45, 2.75) is 0 Å². The van der Waals surface area contributed by atoms with Crippen molar-refractivity contribution in [1.82, 2.24) is 9.97 Å². The van der Waals surface area contributed by atoms with E-state index in [9.17, 15) is 9.18 Å². The molecule has 0 aliphatic rings. The van der Waals surface area contributed by atoms with Crippen molar-refractivity contribution in [2.75, 3.05) is 5.32 Å². The Balaban J connectivity index is 2.27. The number of aromatic nitrogens is 2. The van der Waals surface area contributed by atoms with Gasteiger partial charge in [0.1, 0.15) is 10.3 Å². The monoisotopic (exact) mass is 283 g/mol. The van der Waals surface area contributed by atoms with Crippen LogP contribution in [0.4, 0.5) is 16.0 Å². The fraction of sp³-hybridized carbons (Fsp3) is 0. The first-order valence-corrected chi connectivity index (χ1v) is 5.22. The molecule has 82 valence electrons. The summed E-state index contributed by atoms with van der Waals surface area (Å²) in [6.45, 7) is 0. The predicted octanol–water partition coefficient (Wildman–Crippen LogP) is 2.42. The summed E-state index contributed by atoms with van der Waals surface area (Å²) < 4.78 is 13.2. The summed E-state index contributed by atoms with van der Waals surface area (Å²) in [5.41, 5.74) is 0.222. The van der Waals surface area contributed by atoms with Crippen LogP contribution in [0.3, 0.4) is 0 Å². The Labute approximate surface area is 98.7 Å². The maximum absolute atomic E-state index is 12.9. The molecule has 0 saturated heterocycles. The minimum Gasteiger partial charge on any atom is -0.326 e. The second kappa shape index (κ2) is 4.44. The molecular weight excluding hydrogens is 277 g/mol. The smallest absolute Gasteiger partial charge is 0.266 e. The van der Waals surface area contributed by atoms with Crippen molar-refractivity contribution in [1.29, 1.82) is 0 Å². The number of rotatable bonds is 2. The van der Waals surface area contributed by atoms with Crippen molar-refractivity contribution in [2.24, 2.45) is 0 Å². The molecule has 2 N–H and O–H groups in total. The molecule has 16 heavy (non-hydrogen) atoms. The van der Waals surface area contributed by atoms with E-state index in [1.165, 1.54) is 18.3 Å². The van der Waals surface area contributed by atoms with Crippen LogP contribution >= 0.6 is 15.9 Å². The zero-order valence-electron chi connectivity index (χ0n) is 8.00. The molecule has 1 heterocycles. The van der Waals surface area contributed by atoms with E-state index >= 15 is 0 Å². The van der Waals surface area contributed by atoms with Crippen molar-refractivity contribution in [3.8, 4) is 0 Å². The fourth-order valence-electron chi connectivity index (χ4n) is 1.15. The number of aromatic amines is 1. The van der Waals surface area contributed by atoms with Gasteiger partial charge in [-0.3, -0.25) is 9.78 Å². The Morgan fingerprint density at radius 3 is 2.94 bits per heavy atom. The first-order valence-electron chi connectivity index (χ1n) is 4.42. The van der Waals surface area contributed by atoms with E-state index in [4.69, 9.17) is 0 Å². The summed E-state index contributed by atoms with van der Waals surface area (Å²) in [5, 5.41) is 2.79. The molecule has 0 amide bonds. The molecule has 0 atom stereocenters. The van der Waals surface area contributed by atoms with Crippen LogP contribution in [0.1, 0.15) is 0 Å². The van der Waals surface area contributed by atoms with Gasteiger partial charge < -0.3 is 5.32 Å². The van der Waals surface area contributed by atoms with Gasteiger partial charge in [-0.05, 0) is 34.1 Å². The molecule has 0 bridgehead atoms. The number of halogens is 2. The maximum atomic E-state index is 12.9. The zero-order valence-corrected chi connectivity index (χ0v) is 9.58. The highest BCUT2D eigenvalue weighted by atomic mass is 79.9. The van der Waals surface area contributed by atoms with Gasteiger partial charge in [0.25, 0.3) is 5.56 Å². The Kier molecular flexibility index (Phi) is 3.00. The summed E-state index contributed by atoms with van der Waals surface area (Å²) in [5.74, 6) is -0.0942. The molecule has 0 saturated carbocycles. The van der Waals surface area contributed by atoms with Crippen LogP contribution in [0.2, 0.25) is 0 Å². The molecular formula is C10H7BrFN3O. The van der Waals surface area contributed by atoms with Gasteiger partial charge in [0.2, 0.25) is 5.95 Å². The zero-order chi connectivity index (χ0) is 11.5. The van der Waals surface area contributed by atoms with E-state index in [0.29, 0.717) is 10.2 Å². The highest BCUT2D eigenvalue weighted by molar-refractivity contribution is 9.10. The molecule has 1 aromatic heterocycles. The van der Waals surface area contributed by atoms with E-state index in [0.717, 1.165) is 0 Å². The van der Waals surface area contributed by atoms with Crippen LogP contribution in [0.5, 0.6) is 0 Å². The molecule has 0 fully saturated rings. The van der Waals surface area contributed by atoms with Crippen molar-refractivity contribution in [3.05, 3.63) is 51.1 Å². The first-order chi connectivity index (χ1) is 7.65. The van der Waals surface area contributed by atoms with Gasteiger partial charge in [-0.1, -0.05) is 6.07 Å². The van der Waals surface area contributed by atoms with Crippen molar-refractivity contribution < 1.29 is 4.39 Å². The van der Waals surface area contributed by atoms with Gasteiger partial charge in [-0.25, -0.2) is 9.37 Å². The standard InChI is InChI=1S/C10H7BrFN3O/c11-8-5-13-10(15-9(8)16)14-7-3-1-2-6(12)4-7/h1-5H,(H2,13,14,15,16). The predicted molar refractivity (Wildman–Crippen MR) is 62.2 cm³/mol. The molecule has 1 aromatic carbocycles. The lowest BCUT2D eigenvalue weighted by Crippen LogP contribution is -2.10. The summed E-state index contributed by atoms with van der Waals surface area (Å²) in [6.07, 6.45) is 1.38. The van der Waals surface area contributed by atoms with Gasteiger partial charge in [0.15, 0.2) is 0 Å². The van der Waals surface area contributed by atoms with Gasteiger partial charge >= 0.3 is 0 Å². The minimum atomic E-state index is -0.357. The molecule has 0 unspecified atom stereocenters. The molecule has 0 radical (unpaired) electrons. The minimum absolute atomic E-state index is 0.263. The number of benzene rings is 1. The van der Waals surface area contributed by atoms with E-state index in [2.05, 4.69) is 31.2 Å². The Bertz CT molecular complexity index is 570. The molecule has 2 aromatic rings. The molecule has 0 aliphatic carbocycles. The molecule has 2 rings (SSSR count). The summed E-state index contributed by atoms with van der Waals surface area (Å²) >= 11 is 3.03. The topological polar surface area (TPSA) is 57.8 Å². The maximum Gasteiger partial charge on any atom is 0.266 e. The SMILES string of the molecule is O=c1[nH]c(Nc2cccc(F)c2)ncc1Br. The number of nitrogens with one attached hydrogen (secondary N) is 2. The Morgan fingerprint density at radius 2 is 2.25 bits per heavy atom. The van der Waals surface area contributed by atoms with Crippen molar-refractivity contribution in [3.63, 3.8) is 0 Å².